The van der Waals surface area contributed by atoms with Crippen LogP contribution in [0.5, 0.6) is 0 Å². The molecule has 0 saturated carbocycles. The molecule has 0 aliphatic carbocycles. The van der Waals surface area contributed by atoms with Gasteiger partial charge in [0.25, 0.3) is 0 Å². The standard InChI is InChI=1S/C13H14Cl2N2/c1-2-16-13(12-4-3-7-17-12)9-5-6-10(14)11(15)8-9/h3-8,13,16-17H,2H2,1H3. The Morgan fingerprint density at radius 2 is 2.06 bits per heavy atom. The van der Waals surface area contributed by atoms with E-state index in [2.05, 4.69) is 23.3 Å². The van der Waals surface area contributed by atoms with Crippen molar-refractivity contribution in [2.75, 3.05) is 6.54 Å². The van der Waals surface area contributed by atoms with E-state index in [1.165, 1.54) is 0 Å². The Kier molecular flexibility index (Phi) is 4.11. The van der Waals surface area contributed by atoms with Crippen molar-refractivity contribution in [2.24, 2.45) is 0 Å². The van der Waals surface area contributed by atoms with Crippen molar-refractivity contribution >= 4 is 23.2 Å². The van der Waals surface area contributed by atoms with Crippen LogP contribution < -0.4 is 5.32 Å². The molecular weight excluding hydrogens is 255 g/mol. The molecule has 1 aromatic carbocycles. The number of rotatable bonds is 4. The van der Waals surface area contributed by atoms with E-state index in [1.54, 1.807) is 0 Å². The molecule has 0 radical (unpaired) electrons. The SMILES string of the molecule is CCNC(c1ccc(Cl)c(Cl)c1)c1ccc[nH]1. The molecule has 0 aliphatic heterocycles. The molecule has 0 amide bonds. The zero-order valence-corrected chi connectivity index (χ0v) is 11.0. The molecule has 0 fully saturated rings. The molecule has 2 N–H and O–H groups in total. The van der Waals surface area contributed by atoms with Crippen LogP contribution in [0, 0.1) is 0 Å². The van der Waals surface area contributed by atoms with Crippen LogP contribution in [-0.2, 0) is 0 Å². The van der Waals surface area contributed by atoms with Crippen molar-refractivity contribution in [1.29, 1.82) is 0 Å². The second-order valence-corrected chi connectivity index (χ2v) is 4.60. The number of aromatic amines is 1. The Labute approximate surface area is 111 Å². The van der Waals surface area contributed by atoms with E-state index in [1.807, 2.05) is 30.5 Å². The van der Waals surface area contributed by atoms with Crippen molar-refractivity contribution in [1.82, 2.24) is 10.3 Å². The fourth-order valence-electron chi connectivity index (χ4n) is 1.83. The summed E-state index contributed by atoms with van der Waals surface area (Å²) in [5.74, 6) is 0. The third kappa shape index (κ3) is 2.83. The number of hydrogen-bond donors (Lipinski definition) is 2. The van der Waals surface area contributed by atoms with Gasteiger partial charge >= 0.3 is 0 Å². The largest absolute Gasteiger partial charge is 0.363 e. The van der Waals surface area contributed by atoms with Crippen molar-refractivity contribution in [3.05, 3.63) is 57.8 Å². The molecule has 4 heteroatoms. The second kappa shape index (κ2) is 5.58. The highest BCUT2D eigenvalue weighted by molar-refractivity contribution is 6.42. The smallest absolute Gasteiger partial charge is 0.0729 e. The summed E-state index contributed by atoms with van der Waals surface area (Å²) < 4.78 is 0. The molecule has 0 bridgehead atoms. The monoisotopic (exact) mass is 268 g/mol. The van der Waals surface area contributed by atoms with Crippen molar-refractivity contribution < 1.29 is 0 Å². The Hall–Kier alpha value is -0.960. The third-order valence-corrected chi connectivity index (χ3v) is 3.36. The summed E-state index contributed by atoms with van der Waals surface area (Å²) in [6.45, 7) is 2.96. The lowest BCUT2D eigenvalue weighted by atomic mass is 10.0. The average molecular weight is 269 g/mol. The van der Waals surface area contributed by atoms with Crippen molar-refractivity contribution in [2.45, 2.75) is 13.0 Å². The van der Waals surface area contributed by atoms with E-state index >= 15 is 0 Å². The zero-order chi connectivity index (χ0) is 12.3. The van der Waals surface area contributed by atoms with E-state index in [4.69, 9.17) is 23.2 Å². The predicted octanol–water partition coefficient (Wildman–Crippen LogP) is 4.02. The normalized spacial score (nSPS) is 12.6. The molecule has 2 nitrogen and oxygen atoms in total. The highest BCUT2D eigenvalue weighted by Gasteiger charge is 2.14. The maximum absolute atomic E-state index is 6.05. The molecule has 0 spiro atoms. The fourth-order valence-corrected chi connectivity index (χ4v) is 2.13. The molecule has 2 aromatic rings. The van der Waals surface area contributed by atoms with Gasteiger partial charge in [0.1, 0.15) is 0 Å². The summed E-state index contributed by atoms with van der Waals surface area (Å²) in [5.41, 5.74) is 2.22. The summed E-state index contributed by atoms with van der Waals surface area (Å²) >= 11 is 12.0. The van der Waals surface area contributed by atoms with Gasteiger partial charge in [-0.25, -0.2) is 0 Å². The molecule has 1 atom stereocenters. The highest BCUT2D eigenvalue weighted by Crippen LogP contribution is 2.28. The Balaban J connectivity index is 2.35. The molecule has 0 saturated heterocycles. The van der Waals surface area contributed by atoms with E-state index in [0.29, 0.717) is 10.0 Å². The van der Waals surface area contributed by atoms with Crippen LogP contribution in [0.15, 0.2) is 36.5 Å². The van der Waals surface area contributed by atoms with E-state index < -0.39 is 0 Å². The number of aromatic nitrogens is 1. The van der Waals surface area contributed by atoms with Crippen molar-refractivity contribution in [3.8, 4) is 0 Å². The summed E-state index contributed by atoms with van der Waals surface area (Å²) in [7, 11) is 0. The number of H-pyrrole nitrogens is 1. The van der Waals surface area contributed by atoms with Crippen LogP contribution in [0.1, 0.15) is 24.2 Å². The van der Waals surface area contributed by atoms with Crippen LogP contribution in [0.4, 0.5) is 0 Å². The van der Waals surface area contributed by atoms with Crippen LogP contribution in [0.25, 0.3) is 0 Å². The third-order valence-electron chi connectivity index (χ3n) is 2.62. The van der Waals surface area contributed by atoms with Gasteiger partial charge in [-0.05, 0) is 36.4 Å². The lowest BCUT2D eigenvalue weighted by molar-refractivity contribution is 0.618. The van der Waals surface area contributed by atoms with Crippen LogP contribution in [-0.4, -0.2) is 11.5 Å². The second-order valence-electron chi connectivity index (χ2n) is 3.79. The minimum Gasteiger partial charge on any atom is -0.363 e. The summed E-state index contributed by atoms with van der Waals surface area (Å²) in [4.78, 5) is 3.22. The van der Waals surface area contributed by atoms with Crippen LogP contribution >= 0.6 is 23.2 Å². The molecule has 1 aromatic heterocycles. The van der Waals surface area contributed by atoms with Gasteiger partial charge in [0.15, 0.2) is 0 Å². The zero-order valence-electron chi connectivity index (χ0n) is 9.50. The first kappa shape index (κ1) is 12.5. The van der Waals surface area contributed by atoms with Gasteiger partial charge in [0, 0.05) is 11.9 Å². The van der Waals surface area contributed by atoms with Crippen LogP contribution in [0.2, 0.25) is 10.0 Å². The van der Waals surface area contributed by atoms with Crippen LogP contribution in [0.3, 0.4) is 0 Å². The van der Waals surface area contributed by atoms with Gasteiger partial charge in [0.05, 0.1) is 16.1 Å². The molecule has 1 heterocycles. The minimum absolute atomic E-state index is 0.116. The van der Waals surface area contributed by atoms with Gasteiger partial charge in [0.2, 0.25) is 0 Å². The van der Waals surface area contributed by atoms with E-state index in [9.17, 15) is 0 Å². The topological polar surface area (TPSA) is 27.8 Å². The number of halogens is 2. The Morgan fingerprint density at radius 1 is 1.24 bits per heavy atom. The van der Waals surface area contributed by atoms with Gasteiger partial charge in [-0.3, -0.25) is 0 Å². The highest BCUT2D eigenvalue weighted by atomic mass is 35.5. The lowest BCUT2D eigenvalue weighted by Gasteiger charge is -2.17. The Morgan fingerprint density at radius 3 is 2.65 bits per heavy atom. The molecule has 90 valence electrons. The minimum atomic E-state index is 0.116. The van der Waals surface area contributed by atoms with E-state index in [0.717, 1.165) is 17.8 Å². The maximum atomic E-state index is 6.05. The predicted molar refractivity (Wildman–Crippen MR) is 72.8 cm³/mol. The molecule has 2 rings (SSSR count). The number of nitrogens with one attached hydrogen (secondary N) is 2. The summed E-state index contributed by atoms with van der Waals surface area (Å²) in [6.07, 6.45) is 1.91. The number of hydrogen-bond acceptors (Lipinski definition) is 1. The first-order valence-corrected chi connectivity index (χ1v) is 6.29. The summed E-state index contributed by atoms with van der Waals surface area (Å²) in [6, 6.07) is 9.87. The lowest BCUT2D eigenvalue weighted by Crippen LogP contribution is -2.22. The van der Waals surface area contributed by atoms with Gasteiger partial charge in [-0.1, -0.05) is 36.2 Å². The maximum Gasteiger partial charge on any atom is 0.0729 e. The average Bonchev–Trinajstić information content (AvgIpc) is 2.83. The summed E-state index contributed by atoms with van der Waals surface area (Å²) in [5, 5.41) is 4.58. The fraction of sp³-hybridized carbons (Fsp3) is 0.231. The number of benzene rings is 1. The molecule has 17 heavy (non-hydrogen) atoms. The van der Waals surface area contributed by atoms with E-state index in [-0.39, 0.29) is 6.04 Å². The first-order valence-electron chi connectivity index (χ1n) is 5.54. The van der Waals surface area contributed by atoms with Gasteiger partial charge in [-0.2, -0.15) is 0 Å². The molecule has 0 aliphatic rings. The first-order chi connectivity index (χ1) is 8.22. The van der Waals surface area contributed by atoms with Gasteiger partial charge < -0.3 is 10.3 Å². The Bertz CT molecular complexity index is 480. The van der Waals surface area contributed by atoms with Crippen molar-refractivity contribution in [3.63, 3.8) is 0 Å². The molecular formula is C13H14Cl2N2. The van der Waals surface area contributed by atoms with Gasteiger partial charge in [-0.15, -0.1) is 0 Å². The molecule has 1 unspecified atom stereocenters. The quantitative estimate of drug-likeness (QED) is 0.862.